The summed E-state index contributed by atoms with van der Waals surface area (Å²) in [6.07, 6.45) is 0. The van der Waals surface area contributed by atoms with E-state index in [1.807, 2.05) is 0 Å². The lowest BCUT2D eigenvalue weighted by Crippen LogP contribution is -2.63. The van der Waals surface area contributed by atoms with E-state index in [0.29, 0.717) is 0 Å². The number of piperazine rings is 1. The van der Waals surface area contributed by atoms with Crippen molar-refractivity contribution in [3.8, 4) is 0 Å². The summed E-state index contributed by atoms with van der Waals surface area (Å²) < 4.78 is 0. The van der Waals surface area contributed by atoms with Crippen molar-refractivity contribution in [1.82, 2.24) is 14.7 Å². The van der Waals surface area contributed by atoms with Crippen molar-refractivity contribution in [2.24, 2.45) is 0 Å². The standard InChI is InChI=1S/C12H27N3O/c1-12(2)10-14(5)11(9-16)8-15(12)7-6-13(3)4/h11,16H,6-10H2,1-5H3. The predicted octanol–water partition coefficient (Wildman–Crippen LogP) is -0.0651. The van der Waals surface area contributed by atoms with Gasteiger partial charge in [0.25, 0.3) is 0 Å². The molecule has 1 unspecified atom stereocenters. The van der Waals surface area contributed by atoms with Gasteiger partial charge in [-0.25, -0.2) is 0 Å². The van der Waals surface area contributed by atoms with Crippen LogP contribution in [-0.4, -0.2) is 85.3 Å². The lowest BCUT2D eigenvalue weighted by atomic mass is 9.96. The zero-order chi connectivity index (χ0) is 12.3. The lowest BCUT2D eigenvalue weighted by Gasteiger charge is -2.50. The van der Waals surface area contributed by atoms with E-state index < -0.39 is 0 Å². The molecule has 4 heteroatoms. The molecule has 0 amide bonds. The second-order valence-corrected chi connectivity index (χ2v) is 5.81. The highest BCUT2D eigenvalue weighted by Crippen LogP contribution is 2.22. The van der Waals surface area contributed by atoms with Gasteiger partial charge < -0.3 is 10.0 Å². The van der Waals surface area contributed by atoms with Crippen molar-refractivity contribution in [2.45, 2.75) is 25.4 Å². The summed E-state index contributed by atoms with van der Waals surface area (Å²) in [5, 5.41) is 9.35. The molecule has 1 N–H and O–H groups in total. The fraction of sp³-hybridized carbons (Fsp3) is 1.00. The minimum absolute atomic E-state index is 0.205. The molecule has 0 aromatic rings. The smallest absolute Gasteiger partial charge is 0.0599 e. The Labute approximate surface area is 99.8 Å². The third-order valence-electron chi connectivity index (χ3n) is 3.57. The Hall–Kier alpha value is -0.160. The third-order valence-corrected chi connectivity index (χ3v) is 3.57. The van der Waals surface area contributed by atoms with Gasteiger partial charge in [-0.3, -0.25) is 9.80 Å². The van der Waals surface area contributed by atoms with Crippen molar-refractivity contribution < 1.29 is 5.11 Å². The topological polar surface area (TPSA) is 30.0 Å². The van der Waals surface area contributed by atoms with Crippen molar-refractivity contribution >= 4 is 0 Å². The van der Waals surface area contributed by atoms with Crippen molar-refractivity contribution in [3.05, 3.63) is 0 Å². The maximum Gasteiger partial charge on any atom is 0.0599 e. The van der Waals surface area contributed by atoms with E-state index in [1.54, 1.807) is 0 Å². The molecule has 16 heavy (non-hydrogen) atoms. The first-order valence-corrected chi connectivity index (χ1v) is 6.07. The molecule has 1 aliphatic heterocycles. The van der Waals surface area contributed by atoms with Crippen LogP contribution in [0.4, 0.5) is 0 Å². The molecule has 0 bridgehead atoms. The summed E-state index contributed by atoms with van der Waals surface area (Å²) in [6.45, 7) is 8.96. The second kappa shape index (κ2) is 5.45. The lowest BCUT2D eigenvalue weighted by molar-refractivity contribution is -0.0242. The van der Waals surface area contributed by atoms with Gasteiger partial charge in [0, 0.05) is 37.8 Å². The van der Waals surface area contributed by atoms with Crippen molar-refractivity contribution in [3.63, 3.8) is 0 Å². The molecule has 0 aromatic carbocycles. The highest BCUT2D eigenvalue weighted by atomic mass is 16.3. The van der Waals surface area contributed by atoms with Gasteiger partial charge in [-0.15, -0.1) is 0 Å². The van der Waals surface area contributed by atoms with Gasteiger partial charge in [-0.2, -0.15) is 0 Å². The van der Waals surface area contributed by atoms with Gasteiger partial charge >= 0.3 is 0 Å². The average Bonchev–Trinajstić information content (AvgIpc) is 2.15. The van der Waals surface area contributed by atoms with Crippen LogP contribution in [0, 0.1) is 0 Å². The Morgan fingerprint density at radius 3 is 2.50 bits per heavy atom. The van der Waals surface area contributed by atoms with Crippen LogP contribution < -0.4 is 0 Å². The number of aliphatic hydroxyl groups excluding tert-OH is 1. The molecule has 1 fully saturated rings. The Morgan fingerprint density at radius 1 is 1.38 bits per heavy atom. The SMILES string of the molecule is CN(C)CCN1CC(CO)N(C)CC1(C)C. The highest BCUT2D eigenvalue weighted by molar-refractivity contribution is 4.93. The number of rotatable bonds is 4. The van der Waals surface area contributed by atoms with Gasteiger partial charge in [-0.1, -0.05) is 0 Å². The molecule has 0 spiro atoms. The van der Waals surface area contributed by atoms with Crippen LogP contribution in [-0.2, 0) is 0 Å². The van der Waals surface area contributed by atoms with E-state index in [9.17, 15) is 5.11 Å². The minimum atomic E-state index is 0.205. The molecule has 1 aliphatic rings. The summed E-state index contributed by atoms with van der Waals surface area (Å²) >= 11 is 0. The van der Waals surface area contributed by atoms with Crippen LogP contribution in [0.25, 0.3) is 0 Å². The zero-order valence-corrected chi connectivity index (χ0v) is 11.4. The molecule has 0 saturated carbocycles. The van der Waals surface area contributed by atoms with E-state index in [4.69, 9.17) is 0 Å². The number of hydrogen-bond acceptors (Lipinski definition) is 4. The third kappa shape index (κ3) is 3.42. The maximum atomic E-state index is 9.35. The first kappa shape index (κ1) is 13.9. The van der Waals surface area contributed by atoms with E-state index in [1.165, 1.54) is 0 Å². The molecule has 1 atom stereocenters. The second-order valence-electron chi connectivity index (χ2n) is 5.81. The Bertz CT molecular complexity index is 218. The van der Waals surface area contributed by atoms with E-state index in [2.05, 4.69) is 49.7 Å². The molecule has 96 valence electrons. The van der Waals surface area contributed by atoms with Gasteiger partial charge in [0.1, 0.15) is 0 Å². The largest absolute Gasteiger partial charge is 0.395 e. The van der Waals surface area contributed by atoms with Gasteiger partial charge in [-0.05, 0) is 35.0 Å². The monoisotopic (exact) mass is 229 g/mol. The molecule has 4 nitrogen and oxygen atoms in total. The molecule has 0 aliphatic carbocycles. The number of hydrogen-bond donors (Lipinski definition) is 1. The Kier molecular flexibility index (Phi) is 4.73. The number of nitrogens with zero attached hydrogens (tertiary/aromatic N) is 3. The van der Waals surface area contributed by atoms with Crippen LogP contribution in [0.3, 0.4) is 0 Å². The van der Waals surface area contributed by atoms with Crippen LogP contribution in [0.15, 0.2) is 0 Å². The minimum Gasteiger partial charge on any atom is -0.395 e. The first-order chi connectivity index (χ1) is 7.36. The fourth-order valence-electron chi connectivity index (χ4n) is 2.39. The van der Waals surface area contributed by atoms with E-state index in [-0.39, 0.29) is 18.2 Å². The summed E-state index contributed by atoms with van der Waals surface area (Å²) in [5.74, 6) is 0. The molecular weight excluding hydrogens is 202 g/mol. The van der Waals surface area contributed by atoms with Gasteiger partial charge in [0.05, 0.1) is 6.61 Å². The highest BCUT2D eigenvalue weighted by Gasteiger charge is 2.36. The molecule has 1 saturated heterocycles. The normalized spacial score (nSPS) is 27.6. The quantitative estimate of drug-likeness (QED) is 0.731. The predicted molar refractivity (Wildman–Crippen MR) is 67.7 cm³/mol. The number of likely N-dealkylation sites (N-methyl/N-ethyl adjacent to an activating group) is 2. The average molecular weight is 229 g/mol. The van der Waals surface area contributed by atoms with Crippen LogP contribution in [0.2, 0.25) is 0 Å². The number of aliphatic hydroxyl groups is 1. The first-order valence-electron chi connectivity index (χ1n) is 6.07. The fourth-order valence-corrected chi connectivity index (χ4v) is 2.39. The Balaban J connectivity index is 2.59. The molecular formula is C12H27N3O. The van der Waals surface area contributed by atoms with E-state index in [0.717, 1.165) is 26.2 Å². The van der Waals surface area contributed by atoms with Gasteiger partial charge in [0.15, 0.2) is 0 Å². The Morgan fingerprint density at radius 2 is 2.00 bits per heavy atom. The van der Waals surface area contributed by atoms with Crippen LogP contribution in [0.1, 0.15) is 13.8 Å². The summed E-state index contributed by atoms with van der Waals surface area (Å²) in [4.78, 5) is 6.97. The maximum absolute atomic E-state index is 9.35. The molecule has 1 rings (SSSR count). The molecule has 1 heterocycles. The van der Waals surface area contributed by atoms with Crippen molar-refractivity contribution in [2.75, 3.05) is 53.9 Å². The summed E-state index contributed by atoms with van der Waals surface area (Å²) in [5.41, 5.74) is 0.205. The summed E-state index contributed by atoms with van der Waals surface area (Å²) in [6, 6.07) is 0.287. The molecule has 0 aromatic heterocycles. The van der Waals surface area contributed by atoms with Gasteiger partial charge in [0.2, 0.25) is 0 Å². The van der Waals surface area contributed by atoms with Crippen LogP contribution >= 0.6 is 0 Å². The zero-order valence-electron chi connectivity index (χ0n) is 11.4. The molecule has 0 radical (unpaired) electrons. The summed E-state index contributed by atoms with van der Waals surface area (Å²) in [7, 11) is 6.31. The van der Waals surface area contributed by atoms with Crippen LogP contribution in [0.5, 0.6) is 0 Å². The van der Waals surface area contributed by atoms with E-state index >= 15 is 0 Å². The van der Waals surface area contributed by atoms with Crippen molar-refractivity contribution in [1.29, 1.82) is 0 Å².